The number of carbonyl (C=O) groups excluding carboxylic acids is 2. The summed E-state index contributed by atoms with van der Waals surface area (Å²) in [6.07, 6.45) is -0.109. The van der Waals surface area contributed by atoms with Gasteiger partial charge >= 0.3 is 6.18 Å². The van der Waals surface area contributed by atoms with Crippen LogP contribution in [0.3, 0.4) is 0 Å². The van der Waals surface area contributed by atoms with Crippen LogP contribution in [0.15, 0.2) is 30.5 Å². The van der Waals surface area contributed by atoms with Crippen LogP contribution >= 0.6 is 11.3 Å². The number of anilines is 1. The second-order valence-corrected chi connectivity index (χ2v) is 7.44. The van der Waals surface area contributed by atoms with Crippen LogP contribution in [0.4, 0.5) is 18.3 Å². The molecule has 0 spiro atoms. The molecule has 1 aromatic heterocycles. The molecule has 2 amide bonds. The number of amides is 2. The molecule has 27 heavy (non-hydrogen) atoms. The van der Waals surface area contributed by atoms with Crippen molar-refractivity contribution in [2.75, 3.05) is 18.4 Å². The number of aromatic nitrogens is 1. The molecule has 2 heterocycles. The normalized spacial score (nSPS) is 15.1. The first-order chi connectivity index (χ1) is 12.8. The third-order valence-electron chi connectivity index (χ3n) is 4.22. The van der Waals surface area contributed by atoms with Crippen LogP contribution < -0.4 is 5.32 Å². The molecular formula is C18H18F3N3O2S. The number of benzene rings is 1. The molecule has 1 aliphatic rings. The number of hydrogen-bond acceptors (Lipinski definition) is 4. The molecule has 5 nitrogen and oxygen atoms in total. The molecule has 3 rings (SSSR count). The van der Waals surface area contributed by atoms with E-state index in [2.05, 4.69) is 10.3 Å². The molecule has 0 aliphatic carbocycles. The minimum Gasteiger partial charge on any atom is -0.333 e. The minimum atomic E-state index is -4.35. The lowest BCUT2D eigenvalue weighted by atomic mass is 10.1. The van der Waals surface area contributed by atoms with E-state index >= 15 is 0 Å². The highest BCUT2D eigenvalue weighted by molar-refractivity contribution is 7.15. The predicted molar refractivity (Wildman–Crippen MR) is 95.4 cm³/mol. The second kappa shape index (κ2) is 8.08. The summed E-state index contributed by atoms with van der Waals surface area (Å²) in [6.45, 7) is 0.593. The molecule has 0 saturated carbocycles. The van der Waals surface area contributed by atoms with Gasteiger partial charge in [-0.05, 0) is 30.5 Å². The average Bonchev–Trinajstić information content (AvgIpc) is 3.03. The minimum absolute atomic E-state index is 0.00660. The van der Waals surface area contributed by atoms with E-state index in [1.54, 1.807) is 6.20 Å². The number of nitrogens with zero attached hydrogens (tertiary/aromatic N) is 2. The summed E-state index contributed by atoms with van der Waals surface area (Å²) in [4.78, 5) is 30.3. The molecule has 0 bridgehead atoms. The SMILES string of the molecule is O=C(CN1CCCCC1=O)Nc1ncc(Cc2ccc(C(F)(F)F)cc2)s1. The van der Waals surface area contributed by atoms with E-state index < -0.39 is 11.7 Å². The number of thiazole rings is 1. The molecule has 1 aliphatic heterocycles. The van der Waals surface area contributed by atoms with E-state index in [0.717, 1.165) is 35.4 Å². The second-order valence-electron chi connectivity index (χ2n) is 6.32. The Hall–Kier alpha value is -2.42. The maximum atomic E-state index is 12.6. The van der Waals surface area contributed by atoms with Crippen molar-refractivity contribution in [3.05, 3.63) is 46.5 Å². The van der Waals surface area contributed by atoms with Crippen molar-refractivity contribution in [1.82, 2.24) is 9.88 Å². The Balaban J connectivity index is 1.55. The fourth-order valence-corrected chi connectivity index (χ4v) is 3.68. The Kier molecular flexibility index (Phi) is 5.79. The van der Waals surface area contributed by atoms with Crippen LogP contribution in [-0.2, 0) is 22.2 Å². The van der Waals surface area contributed by atoms with Gasteiger partial charge in [0.1, 0.15) is 0 Å². The zero-order valence-electron chi connectivity index (χ0n) is 14.4. The number of halogens is 3. The number of nitrogens with one attached hydrogen (secondary N) is 1. The van der Waals surface area contributed by atoms with Gasteiger partial charge in [0.05, 0.1) is 12.1 Å². The molecule has 2 aromatic rings. The zero-order valence-corrected chi connectivity index (χ0v) is 15.2. The van der Waals surface area contributed by atoms with Crippen molar-refractivity contribution in [3.63, 3.8) is 0 Å². The van der Waals surface area contributed by atoms with Crippen LogP contribution in [0, 0.1) is 0 Å². The van der Waals surface area contributed by atoms with Crippen molar-refractivity contribution in [1.29, 1.82) is 0 Å². The summed E-state index contributed by atoms with van der Waals surface area (Å²) in [6, 6.07) is 4.97. The van der Waals surface area contributed by atoms with Gasteiger partial charge in [-0.15, -0.1) is 11.3 Å². The summed E-state index contributed by atoms with van der Waals surface area (Å²) in [5, 5.41) is 3.08. The van der Waals surface area contributed by atoms with E-state index in [1.807, 2.05) is 0 Å². The molecule has 0 radical (unpaired) electrons. The van der Waals surface area contributed by atoms with Crippen LogP contribution in [0.1, 0.15) is 35.3 Å². The largest absolute Gasteiger partial charge is 0.416 e. The smallest absolute Gasteiger partial charge is 0.333 e. The highest BCUT2D eigenvalue weighted by atomic mass is 32.1. The van der Waals surface area contributed by atoms with E-state index in [-0.39, 0.29) is 18.4 Å². The van der Waals surface area contributed by atoms with Gasteiger partial charge < -0.3 is 10.2 Å². The first kappa shape index (κ1) is 19.3. The van der Waals surface area contributed by atoms with Crippen molar-refractivity contribution < 1.29 is 22.8 Å². The van der Waals surface area contributed by atoms with E-state index in [0.29, 0.717) is 24.5 Å². The van der Waals surface area contributed by atoms with Gasteiger partial charge in [0.25, 0.3) is 0 Å². The molecule has 1 N–H and O–H groups in total. The Bertz CT molecular complexity index is 818. The van der Waals surface area contributed by atoms with Gasteiger partial charge in [0, 0.05) is 30.5 Å². The van der Waals surface area contributed by atoms with Crippen molar-refractivity contribution in [2.45, 2.75) is 31.9 Å². The van der Waals surface area contributed by atoms with Crippen LogP contribution in [0.2, 0.25) is 0 Å². The van der Waals surface area contributed by atoms with Gasteiger partial charge in [-0.3, -0.25) is 9.59 Å². The molecule has 0 unspecified atom stereocenters. The fourth-order valence-electron chi connectivity index (χ4n) is 2.82. The maximum absolute atomic E-state index is 12.6. The lowest BCUT2D eigenvalue weighted by Crippen LogP contribution is -2.40. The predicted octanol–water partition coefficient (Wildman–Crippen LogP) is 3.70. The highest BCUT2D eigenvalue weighted by Crippen LogP contribution is 2.30. The standard InChI is InChI=1S/C18H18F3N3O2S/c19-18(20,21)13-6-4-12(5-7-13)9-14-10-22-17(27-14)23-15(25)11-24-8-2-1-3-16(24)26/h4-7,10H,1-3,8-9,11H2,(H,22,23,25). The Morgan fingerprint density at radius 3 is 2.63 bits per heavy atom. The third kappa shape index (κ3) is 5.29. The maximum Gasteiger partial charge on any atom is 0.416 e. The van der Waals surface area contributed by atoms with Crippen molar-refractivity contribution in [3.8, 4) is 0 Å². The number of rotatable bonds is 5. The number of piperidine rings is 1. The molecule has 1 fully saturated rings. The van der Waals surface area contributed by atoms with Gasteiger partial charge in [0.2, 0.25) is 11.8 Å². The van der Waals surface area contributed by atoms with E-state index in [1.165, 1.54) is 28.4 Å². The summed E-state index contributed by atoms with van der Waals surface area (Å²) >= 11 is 1.26. The van der Waals surface area contributed by atoms with Crippen molar-refractivity contribution >= 4 is 28.3 Å². The number of carbonyl (C=O) groups is 2. The number of alkyl halides is 3. The lowest BCUT2D eigenvalue weighted by molar-refractivity contribution is -0.137. The summed E-state index contributed by atoms with van der Waals surface area (Å²) in [5.41, 5.74) is 0.0409. The Labute approximate surface area is 158 Å². The average molecular weight is 397 g/mol. The highest BCUT2D eigenvalue weighted by Gasteiger charge is 2.29. The topological polar surface area (TPSA) is 62.3 Å². The molecule has 144 valence electrons. The van der Waals surface area contributed by atoms with Crippen LogP contribution in [0.25, 0.3) is 0 Å². The Morgan fingerprint density at radius 1 is 1.22 bits per heavy atom. The van der Waals surface area contributed by atoms with Gasteiger partial charge in [-0.25, -0.2) is 4.98 Å². The molecule has 9 heteroatoms. The summed E-state index contributed by atoms with van der Waals surface area (Å²) < 4.78 is 37.8. The number of likely N-dealkylation sites (tertiary alicyclic amines) is 1. The van der Waals surface area contributed by atoms with Gasteiger partial charge in [-0.2, -0.15) is 13.2 Å². The molecular weight excluding hydrogens is 379 g/mol. The van der Waals surface area contributed by atoms with Gasteiger partial charge in [-0.1, -0.05) is 12.1 Å². The fraction of sp³-hybridized carbons (Fsp3) is 0.389. The van der Waals surface area contributed by atoms with Gasteiger partial charge in [0.15, 0.2) is 5.13 Å². The van der Waals surface area contributed by atoms with Crippen molar-refractivity contribution in [2.24, 2.45) is 0 Å². The van der Waals surface area contributed by atoms with Crippen LogP contribution in [0.5, 0.6) is 0 Å². The number of hydrogen-bond donors (Lipinski definition) is 1. The summed E-state index contributed by atoms with van der Waals surface area (Å²) in [5.74, 6) is -0.320. The third-order valence-corrected chi connectivity index (χ3v) is 5.13. The first-order valence-electron chi connectivity index (χ1n) is 8.50. The summed E-state index contributed by atoms with van der Waals surface area (Å²) in [7, 11) is 0. The zero-order chi connectivity index (χ0) is 19.4. The monoisotopic (exact) mass is 397 g/mol. The molecule has 1 aromatic carbocycles. The van der Waals surface area contributed by atoms with E-state index in [4.69, 9.17) is 0 Å². The van der Waals surface area contributed by atoms with Crippen LogP contribution in [-0.4, -0.2) is 34.8 Å². The quantitative estimate of drug-likeness (QED) is 0.837. The first-order valence-corrected chi connectivity index (χ1v) is 9.31. The lowest BCUT2D eigenvalue weighted by Gasteiger charge is -2.25. The molecule has 1 saturated heterocycles. The van der Waals surface area contributed by atoms with E-state index in [9.17, 15) is 22.8 Å². The Morgan fingerprint density at radius 2 is 1.96 bits per heavy atom. The molecule has 0 atom stereocenters.